The van der Waals surface area contributed by atoms with Crippen LogP contribution in [-0.4, -0.2) is 41.4 Å². The van der Waals surface area contributed by atoms with Gasteiger partial charge in [0.1, 0.15) is 0 Å². The summed E-state index contributed by atoms with van der Waals surface area (Å²) in [7, 11) is 2.02. The lowest BCUT2D eigenvalue weighted by atomic mass is 10.1. The van der Waals surface area contributed by atoms with Gasteiger partial charge in [-0.3, -0.25) is 5.10 Å². The number of H-pyrrole nitrogens is 1. The minimum Gasteiger partial charge on any atom is -0.461 e. The van der Waals surface area contributed by atoms with E-state index in [-0.39, 0.29) is 0 Å². The van der Waals surface area contributed by atoms with E-state index < -0.39 is 0 Å². The third-order valence-electron chi connectivity index (χ3n) is 3.74. The maximum absolute atomic E-state index is 5.42. The molecule has 6 heteroatoms. The van der Waals surface area contributed by atoms with E-state index in [9.17, 15) is 0 Å². The first-order valence-corrected chi connectivity index (χ1v) is 6.67. The first-order valence-electron chi connectivity index (χ1n) is 6.67. The predicted molar refractivity (Wildman–Crippen MR) is 73.1 cm³/mol. The van der Waals surface area contributed by atoms with Crippen LogP contribution in [-0.2, 0) is 0 Å². The molecule has 0 unspecified atom stereocenters. The van der Waals surface area contributed by atoms with E-state index in [0.717, 1.165) is 43.2 Å². The summed E-state index contributed by atoms with van der Waals surface area (Å²) in [5.41, 5.74) is 1.07. The largest absolute Gasteiger partial charge is 0.461 e. The minimum absolute atomic E-state index is 0.613. The lowest BCUT2D eigenvalue weighted by molar-refractivity contribution is 0.439. The molecule has 19 heavy (non-hydrogen) atoms. The third-order valence-corrected chi connectivity index (χ3v) is 3.74. The number of aromatic amines is 1. The second-order valence-corrected chi connectivity index (χ2v) is 4.97. The second-order valence-electron chi connectivity index (χ2n) is 4.97. The Morgan fingerprint density at radius 1 is 1.42 bits per heavy atom. The van der Waals surface area contributed by atoms with Crippen molar-refractivity contribution in [3.8, 4) is 11.6 Å². The van der Waals surface area contributed by atoms with Crippen molar-refractivity contribution in [3.05, 3.63) is 17.9 Å². The zero-order chi connectivity index (χ0) is 13.2. The zero-order valence-electron chi connectivity index (χ0n) is 11.3. The highest BCUT2D eigenvalue weighted by atomic mass is 16.3. The number of piperidine rings is 1. The number of furan rings is 1. The topological polar surface area (TPSA) is 70.0 Å². The van der Waals surface area contributed by atoms with E-state index in [1.54, 1.807) is 6.26 Å². The second kappa shape index (κ2) is 5.05. The maximum Gasteiger partial charge on any atom is 0.245 e. The molecule has 6 nitrogen and oxygen atoms in total. The molecule has 0 radical (unpaired) electrons. The number of nitrogens with zero attached hydrogens (tertiary/aromatic N) is 3. The standard InChI is InChI=1S/C13H19N5O/c1-9-5-8-19-11(9)12-15-13(17-16-12)18-6-3-10(14-2)4-7-18/h5,8,10,14H,3-4,6-7H2,1-2H3,(H,15,16,17). The van der Waals surface area contributed by atoms with Gasteiger partial charge in [-0.15, -0.1) is 5.10 Å². The van der Waals surface area contributed by atoms with Crippen LogP contribution in [0.4, 0.5) is 5.95 Å². The molecule has 1 aliphatic rings. The van der Waals surface area contributed by atoms with Crippen molar-refractivity contribution in [1.82, 2.24) is 20.5 Å². The smallest absolute Gasteiger partial charge is 0.245 e. The van der Waals surface area contributed by atoms with Crippen molar-refractivity contribution in [2.75, 3.05) is 25.0 Å². The van der Waals surface area contributed by atoms with E-state index in [1.165, 1.54) is 0 Å². The van der Waals surface area contributed by atoms with Crippen molar-refractivity contribution in [2.24, 2.45) is 0 Å². The molecule has 1 aliphatic heterocycles. The molecule has 0 amide bonds. The molecular weight excluding hydrogens is 242 g/mol. The van der Waals surface area contributed by atoms with Crippen molar-refractivity contribution < 1.29 is 4.42 Å². The Hall–Kier alpha value is -1.82. The van der Waals surface area contributed by atoms with Crippen LogP contribution in [0, 0.1) is 6.92 Å². The number of aryl methyl sites for hydroxylation is 1. The molecule has 102 valence electrons. The van der Waals surface area contributed by atoms with E-state index in [0.29, 0.717) is 11.9 Å². The van der Waals surface area contributed by atoms with Gasteiger partial charge in [0.2, 0.25) is 5.95 Å². The van der Waals surface area contributed by atoms with Crippen LogP contribution in [0.1, 0.15) is 18.4 Å². The minimum atomic E-state index is 0.613. The first kappa shape index (κ1) is 12.2. The van der Waals surface area contributed by atoms with Gasteiger partial charge in [0.25, 0.3) is 0 Å². The number of rotatable bonds is 3. The van der Waals surface area contributed by atoms with Crippen LogP contribution in [0.5, 0.6) is 0 Å². The molecule has 2 aromatic rings. The van der Waals surface area contributed by atoms with Crippen molar-refractivity contribution in [1.29, 1.82) is 0 Å². The van der Waals surface area contributed by atoms with Crippen molar-refractivity contribution in [3.63, 3.8) is 0 Å². The third kappa shape index (κ3) is 2.35. The van der Waals surface area contributed by atoms with Gasteiger partial charge in [-0.2, -0.15) is 4.98 Å². The van der Waals surface area contributed by atoms with Crippen LogP contribution < -0.4 is 10.2 Å². The highest BCUT2D eigenvalue weighted by Crippen LogP contribution is 2.23. The monoisotopic (exact) mass is 261 g/mol. The summed E-state index contributed by atoms with van der Waals surface area (Å²) in [6.07, 6.45) is 3.92. The maximum atomic E-state index is 5.42. The molecule has 0 atom stereocenters. The van der Waals surface area contributed by atoms with Crippen molar-refractivity contribution in [2.45, 2.75) is 25.8 Å². The number of anilines is 1. The Balaban J connectivity index is 1.74. The molecule has 3 heterocycles. The molecule has 0 spiro atoms. The molecule has 0 aliphatic carbocycles. The van der Waals surface area contributed by atoms with E-state index in [1.807, 2.05) is 20.0 Å². The lowest BCUT2D eigenvalue weighted by Gasteiger charge is -2.30. The SMILES string of the molecule is CNC1CCN(c2n[nH]c(-c3occc3C)n2)CC1. The quantitative estimate of drug-likeness (QED) is 0.877. The Kier molecular flexibility index (Phi) is 3.25. The average molecular weight is 261 g/mol. The highest BCUT2D eigenvalue weighted by Gasteiger charge is 2.21. The van der Waals surface area contributed by atoms with Gasteiger partial charge in [-0.1, -0.05) is 0 Å². The van der Waals surface area contributed by atoms with E-state index in [2.05, 4.69) is 25.4 Å². The lowest BCUT2D eigenvalue weighted by Crippen LogP contribution is -2.41. The average Bonchev–Trinajstić information content (AvgIpc) is 3.07. The summed E-state index contributed by atoms with van der Waals surface area (Å²) in [5, 5.41) is 10.6. The summed E-state index contributed by atoms with van der Waals surface area (Å²) in [5.74, 6) is 2.23. The molecule has 0 aromatic carbocycles. The highest BCUT2D eigenvalue weighted by molar-refractivity contribution is 5.53. The van der Waals surface area contributed by atoms with Crippen LogP contribution in [0.3, 0.4) is 0 Å². The van der Waals surface area contributed by atoms with Gasteiger partial charge in [0.05, 0.1) is 6.26 Å². The normalized spacial score (nSPS) is 17.1. The van der Waals surface area contributed by atoms with Crippen LogP contribution in [0.25, 0.3) is 11.6 Å². The Labute approximate surface area is 112 Å². The molecule has 1 saturated heterocycles. The molecular formula is C13H19N5O. The van der Waals surface area contributed by atoms with Gasteiger partial charge in [-0.05, 0) is 38.4 Å². The van der Waals surface area contributed by atoms with Gasteiger partial charge >= 0.3 is 0 Å². The van der Waals surface area contributed by atoms with Gasteiger partial charge in [-0.25, -0.2) is 0 Å². The number of nitrogens with one attached hydrogen (secondary N) is 2. The number of aromatic nitrogens is 3. The zero-order valence-corrected chi connectivity index (χ0v) is 11.3. The Bertz CT molecular complexity index is 539. The summed E-state index contributed by atoms with van der Waals surface area (Å²) in [4.78, 5) is 6.75. The molecule has 1 fully saturated rings. The predicted octanol–water partition coefficient (Wildman–Crippen LogP) is 1.56. The molecule has 3 rings (SSSR count). The van der Waals surface area contributed by atoms with E-state index in [4.69, 9.17) is 4.42 Å². The van der Waals surface area contributed by atoms with Gasteiger partial charge in [0.15, 0.2) is 11.6 Å². The van der Waals surface area contributed by atoms with Crippen LogP contribution in [0.15, 0.2) is 16.7 Å². The van der Waals surface area contributed by atoms with Crippen molar-refractivity contribution >= 4 is 5.95 Å². The molecule has 2 aromatic heterocycles. The molecule has 0 saturated carbocycles. The van der Waals surface area contributed by atoms with Crippen LogP contribution >= 0.6 is 0 Å². The fourth-order valence-corrected chi connectivity index (χ4v) is 2.48. The first-order chi connectivity index (χ1) is 9.28. The fourth-order valence-electron chi connectivity index (χ4n) is 2.48. The van der Waals surface area contributed by atoms with Gasteiger partial charge in [0, 0.05) is 19.1 Å². The Morgan fingerprint density at radius 2 is 2.21 bits per heavy atom. The summed E-state index contributed by atoms with van der Waals surface area (Å²) >= 11 is 0. The van der Waals surface area contributed by atoms with E-state index >= 15 is 0 Å². The number of hydrogen-bond donors (Lipinski definition) is 2. The number of hydrogen-bond acceptors (Lipinski definition) is 5. The summed E-state index contributed by atoms with van der Waals surface area (Å²) in [6, 6.07) is 2.54. The summed E-state index contributed by atoms with van der Waals surface area (Å²) in [6.45, 7) is 3.97. The van der Waals surface area contributed by atoms with Crippen LogP contribution in [0.2, 0.25) is 0 Å². The molecule has 0 bridgehead atoms. The molecule has 2 N–H and O–H groups in total. The van der Waals surface area contributed by atoms with Gasteiger partial charge < -0.3 is 14.6 Å². The Morgan fingerprint density at radius 3 is 2.84 bits per heavy atom. The summed E-state index contributed by atoms with van der Waals surface area (Å²) < 4.78 is 5.42. The fraction of sp³-hybridized carbons (Fsp3) is 0.538.